The zero-order chi connectivity index (χ0) is 18.5. The highest BCUT2D eigenvalue weighted by atomic mass is 16.5. The molecule has 0 saturated carbocycles. The molecule has 0 aliphatic carbocycles. The van der Waals surface area contributed by atoms with Crippen molar-refractivity contribution in [1.29, 1.82) is 0 Å². The van der Waals surface area contributed by atoms with Gasteiger partial charge >= 0.3 is 0 Å². The summed E-state index contributed by atoms with van der Waals surface area (Å²) < 4.78 is 12.1. The Bertz CT molecular complexity index is 896. The van der Waals surface area contributed by atoms with Crippen LogP contribution in [0.4, 0.5) is 0 Å². The molecule has 0 fully saturated rings. The van der Waals surface area contributed by atoms with Crippen LogP contribution in [0.3, 0.4) is 0 Å². The van der Waals surface area contributed by atoms with E-state index in [0.29, 0.717) is 23.6 Å². The Morgan fingerprint density at radius 2 is 1.92 bits per heavy atom. The molecule has 3 aromatic rings. The van der Waals surface area contributed by atoms with Crippen molar-refractivity contribution >= 4 is 5.91 Å². The lowest BCUT2D eigenvalue weighted by molar-refractivity contribution is 0.0785. The third-order valence-electron chi connectivity index (χ3n) is 3.92. The minimum atomic E-state index is -0.102. The first kappa shape index (κ1) is 17.4. The summed E-state index contributed by atoms with van der Waals surface area (Å²) in [6.45, 7) is 0.439. The van der Waals surface area contributed by atoms with Gasteiger partial charge in [-0.1, -0.05) is 12.1 Å². The smallest absolute Gasteiger partial charge is 0.253 e. The number of benzene rings is 2. The summed E-state index contributed by atoms with van der Waals surface area (Å²) in [4.78, 5) is 14.4. The second-order valence-electron chi connectivity index (χ2n) is 5.66. The molecule has 0 saturated heterocycles. The summed E-state index contributed by atoms with van der Waals surface area (Å²) in [5.41, 5.74) is 2.22. The predicted molar refractivity (Wildman–Crippen MR) is 94.5 cm³/mol. The third kappa shape index (κ3) is 3.64. The normalized spacial score (nSPS) is 10.4. The van der Waals surface area contributed by atoms with Gasteiger partial charge in [0.2, 0.25) is 0 Å². The van der Waals surface area contributed by atoms with Gasteiger partial charge in [0.1, 0.15) is 6.33 Å². The lowest BCUT2D eigenvalue weighted by Gasteiger charge is -2.18. The van der Waals surface area contributed by atoms with Crippen LogP contribution in [0.25, 0.3) is 5.69 Å². The minimum Gasteiger partial charge on any atom is -0.493 e. The fraction of sp³-hybridized carbons (Fsp3) is 0.222. The van der Waals surface area contributed by atoms with Gasteiger partial charge in [-0.2, -0.15) is 0 Å². The Labute approximate surface area is 151 Å². The predicted octanol–water partition coefficient (Wildman–Crippen LogP) is 1.95. The number of rotatable bonds is 6. The van der Waals surface area contributed by atoms with Crippen molar-refractivity contribution in [2.24, 2.45) is 0 Å². The van der Waals surface area contributed by atoms with E-state index in [-0.39, 0.29) is 5.91 Å². The van der Waals surface area contributed by atoms with E-state index in [9.17, 15) is 4.79 Å². The maximum Gasteiger partial charge on any atom is 0.253 e. The van der Waals surface area contributed by atoms with Crippen molar-refractivity contribution < 1.29 is 14.3 Å². The molecule has 1 heterocycles. The number of amides is 1. The van der Waals surface area contributed by atoms with E-state index >= 15 is 0 Å². The molecule has 0 atom stereocenters. The maximum absolute atomic E-state index is 12.8. The lowest BCUT2D eigenvalue weighted by atomic mass is 10.1. The second kappa shape index (κ2) is 7.64. The van der Waals surface area contributed by atoms with Crippen LogP contribution in [0, 0.1) is 0 Å². The molecule has 0 N–H and O–H groups in total. The van der Waals surface area contributed by atoms with Crippen LogP contribution in [0.2, 0.25) is 0 Å². The van der Waals surface area contributed by atoms with Crippen LogP contribution in [0.1, 0.15) is 15.9 Å². The van der Waals surface area contributed by atoms with Crippen molar-refractivity contribution in [3.8, 4) is 17.2 Å². The first-order chi connectivity index (χ1) is 12.6. The van der Waals surface area contributed by atoms with Crippen molar-refractivity contribution in [2.75, 3.05) is 21.3 Å². The van der Waals surface area contributed by atoms with Crippen molar-refractivity contribution in [2.45, 2.75) is 6.54 Å². The molecule has 0 aliphatic rings. The molecule has 0 aliphatic heterocycles. The number of tetrazole rings is 1. The highest BCUT2D eigenvalue weighted by Gasteiger charge is 2.14. The van der Waals surface area contributed by atoms with Crippen LogP contribution in [0.5, 0.6) is 11.5 Å². The summed E-state index contributed by atoms with van der Waals surface area (Å²) >= 11 is 0. The van der Waals surface area contributed by atoms with Gasteiger partial charge in [-0.25, -0.2) is 4.68 Å². The molecule has 0 bridgehead atoms. The van der Waals surface area contributed by atoms with Gasteiger partial charge < -0.3 is 14.4 Å². The number of ether oxygens (including phenoxy) is 2. The van der Waals surface area contributed by atoms with E-state index in [1.54, 1.807) is 44.4 Å². The number of nitrogens with zero attached hydrogens (tertiary/aromatic N) is 5. The van der Waals surface area contributed by atoms with Gasteiger partial charge in [0, 0.05) is 19.2 Å². The van der Waals surface area contributed by atoms with E-state index < -0.39 is 0 Å². The number of hydrogen-bond acceptors (Lipinski definition) is 6. The average Bonchev–Trinajstić information content (AvgIpc) is 3.22. The first-order valence-electron chi connectivity index (χ1n) is 7.92. The number of carbonyl (C=O) groups excluding carboxylic acids is 1. The molecule has 8 heteroatoms. The summed E-state index contributed by atoms with van der Waals surface area (Å²) in [5.74, 6) is 1.18. The highest BCUT2D eigenvalue weighted by molar-refractivity contribution is 5.94. The molecular formula is C18H19N5O3. The second-order valence-corrected chi connectivity index (χ2v) is 5.66. The number of methoxy groups -OCH3 is 2. The highest BCUT2D eigenvalue weighted by Crippen LogP contribution is 2.28. The Morgan fingerprint density at radius 3 is 2.62 bits per heavy atom. The van der Waals surface area contributed by atoms with Gasteiger partial charge in [0.25, 0.3) is 5.91 Å². The van der Waals surface area contributed by atoms with Crippen molar-refractivity contribution in [3.05, 3.63) is 59.9 Å². The molecule has 0 unspecified atom stereocenters. The summed E-state index contributed by atoms with van der Waals surface area (Å²) in [5, 5.41) is 11.1. The standard InChI is InChI=1S/C18H19N5O3/c1-22(11-13-7-8-16(25-2)17(9-13)26-3)18(24)14-5-4-6-15(10-14)23-12-19-20-21-23/h4-10,12H,11H2,1-3H3. The average molecular weight is 353 g/mol. The quantitative estimate of drug-likeness (QED) is 0.674. The topological polar surface area (TPSA) is 82.4 Å². The number of hydrogen-bond donors (Lipinski definition) is 0. The van der Waals surface area contributed by atoms with Crippen molar-refractivity contribution in [1.82, 2.24) is 25.1 Å². The molecule has 3 rings (SSSR count). The minimum absolute atomic E-state index is 0.102. The maximum atomic E-state index is 12.8. The van der Waals surface area contributed by atoms with Crippen LogP contribution in [0.15, 0.2) is 48.8 Å². The molecule has 8 nitrogen and oxygen atoms in total. The number of carbonyl (C=O) groups is 1. The fourth-order valence-corrected chi connectivity index (χ4v) is 2.61. The van der Waals surface area contributed by atoms with E-state index in [2.05, 4.69) is 15.5 Å². The zero-order valence-corrected chi connectivity index (χ0v) is 14.8. The van der Waals surface area contributed by atoms with E-state index in [1.807, 2.05) is 24.3 Å². The molecule has 26 heavy (non-hydrogen) atoms. The molecular weight excluding hydrogens is 334 g/mol. The third-order valence-corrected chi connectivity index (χ3v) is 3.92. The van der Waals surface area contributed by atoms with Gasteiger partial charge in [0.05, 0.1) is 19.9 Å². The zero-order valence-electron chi connectivity index (χ0n) is 14.8. The summed E-state index contributed by atoms with van der Waals surface area (Å²) in [6, 6.07) is 12.7. The SMILES string of the molecule is COc1ccc(CN(C)C(=O)c2cccc(-n3cnnn3)c2)cc1OC. The van der Waals surface area contributed by atoms with Gasteiger partial charge in [-0.15, -0.1) is 5.10 Å². The summed E-state index contributed by atoms with van der Waals surface area (Å²) in [6.07, 6.45) is 1.48. The van der Waals surface area contributed by atoms with E-state index in [0.717, 1.165) is 11.3 Å². The van der Waals surface area contributed by atoms with Crippen LogP contribution in [-0.4, -0.2) is 52.3 Å². The van der Waals surface area contributed by atoms with Crippen LogP contribution < -0.4 is 9.47 Å². The number of aromatic nitrogens is 4. The molecule has 134 valence electrons. The van der Waals surface area contributed by atoms with E-state index in [1.165, 1.54) is 11.0 Å². The van der Waals surface area contributed by atoms with Gasteiger partial charge in [0.15, 0.2) is 11.5 Å². The molecule has 1 aromatic heterocycles. The molecule has 0 radical (unpaired) electrons. The van der Waals surface area contributed by atoms with Gasteiger partial charge in [-0.05, 0) is 46.3 Å². The molecule has 1 amide bonds. The van der Waals surface area contributed by atoms with Crippen LogP contribution >= 0.6 is 0 Å². The Balaban J connectivity index is 1.77. The van der Waals surface area contributed by atoms with Gasteiger partial charge in [-0.3, -0.25) is 4.79 Å². The molecule has 0 spiro atoms. The Hall–Kier alpha value is -3.42. The van der Waals surface area contributed by atoms with E-state index in [4.69, 9.17) is 9.47 Å². The molecule has 2 aromatic carbocycles. The fourth-order valence-electron chi connectivity index (χ4n) is 2.61. The lowest BCUT2D eigenvalue weighted by Crippen LogP contribution is -2.26. The Kier molecular flexibility index (Phi) is 5.12. The first-order valence-corrected chi connectivity index (χ1v) is 7.92. The largest absolute Gasteiger partial charge is 0.493 e. The van der Waals surface area contributed by atoms with Crippen LogP contribution in [-0.2, 0) is 6.54 Å². The van der Waals surface area contributed by atoms with Crippen molar-refractivity contribution in [3.63, 3.8) is 0 Å². The monoisotopic (exact) mass is 353 g/mol. The Morgan fingerprint density at radius 1 is 1.12 bits per heavy atom. The summed E-state index contributed by atoms with van der Waals surface area (Å²) in [7, 11) is 4.93.